The number of aromatic nitrogens is 3. The number of benzene rings is 2. The van der Waals surface area contributed by atoms with Gasteiger partial charge in [-0.25, -0.2) is 4.98 Å². The highest BCUT2D eigenvalue weighted by Crippen LogP contribution is 2.28. The molecule has 2 aromatic heterocycles. The lowest BCUT2D eigenvalue weighted by Gasteiger charge is -2.11. The monoisotopic (exact) mass is 372 g/mol. The van der Waals surface area contributed by atoms with Gasteiger partial charge in [0.2, 0.25) is 5.82 Å². The van der Waals surface area contributed by atoms with Crippen LogP contribution in [0.15, 0.2) is 71.4 Å². The first-order valence-corrected chi connectivity index (χ1v) is 8.96. The van der Waals surface area contributed by atoms with E-state index in [-0.39, 0.29) is 0 Å². The molecule has 0 radical (unpaired) electrons. The Bertz CT molecular complexity index is 1090. The zero-order valence-electron chi connectivity index (χ0n) is 15.7. The molecule has 140 valence electrons. The summed E-state index contributed by atoms with van der Waals surface area (Å²) >= 11 is 0. The van der Waals surface area contributed by atoms with E-state index in [4.69, 9.17) is 9.26 Å². The summed E-state index contributed by atoms with van der Waals surface area (Å²) in [6.07, 6.45) is 1.73. The minimum atomic E-state index is 0.423. The summed E-state index contributed by atoms with van der Waals surface area (Å²) in [7, 11) is 1.66. The van der Waals surface area contributed by atoms with Gasteiger partial charge in [0, 0.05) is 23.9 Å². The van der Waals surface area contributed by atoms with Crippen LogP contribution in [0.2, 0.25) is 0 Å². The molecular weight excluding hydrogens is 352 g/mol. The Kier molecular flexibility index (Phi) is 5.01. The van der Waals surface area contributed by atoms with Crippen LogP contribution < -0.4 is 10.1 Å². The Balaban J connectivity index is 1.60. The molecule has 0 aliphatic carbocycles. The zero-order chi connectivity index (χ0) is 19.3. The van der Waals surface area contributed by atoms with E-state index in [0.717, 1.165) is 28.0 Å². The summed E-state index contributed by atoms with van der Waals surface area (Å²) in [5, 5.41) is 7.47. The molecule has 0 saturated heterocycles. The first kappa shape index (κ1) is 17.7. The summed E-state index contributed by atoms with van der Waals surface area (Å²) in [6, 6.07) is 19.6. The molecule has 0 aliphatic rings. The van der Waals surface area contributed by atoms with E-state index in [1.165, 1.54) is 0 Å². The van der Waals surface area contributed by atoms with Gasteiger partial charge in [0.15, 0.2) is 0 Å². The van der Waals surface area contributed by atoms with Crippen molar-refractivity contribution >= 4 is 5.82 Å². The van der Waals surface area contributed by atoms with Crippen LogP contribution in [0, 0.1) is 6.92 Å². The predicted octanol–water partition coefficient (Wildman–Crippen LogP) is 4.73. The molecule has 0 saturated carbocycles. The van der Waals surface area contributed by atoms with Crippen LogP contribution in [0.1, 0.15) is 11.1 Å². The molecule has 0 atom stereocenters. The topological polar surface area (TPSA) is 73.1 Å². The lowest BCUT2D eigenvalue weighted by atomic mass is 10.1. The molecule has 28 heavy (non-hydrogen) atoms. The fourth-order valence-corrected chi connectivity index (χ4v) is 2.98. The van der Waals surface area contributed by atoms with Crippen molar-refractivity contribution in [1.29, 1.82) is 0 Å². The van der Waals surface area contributed by atoms with E-state index >= 15 is 0 Å². The molecule has 4 rings (SSSR count). The minimum absolute atomic E-state index is 0.423. The van der Waals surface area contributed by atoms with Crippen molar-refractivity contribution in [2.45, 2.75) is 13.5 Å². The van der Waals surface area contributed by atoms with Crippen molar-refractivity contribution in [3.05, 3.63) is 78.0 Å². The standard InChI is InChI=1S/C22H20N4O2/c1-15-7-5-9-16(13-15)20-25-22(28-26-20)18-10-6-12-23-21(18)24-14-17-8-3-4-11-19(17)27-2/h3-13H,14H2,1-2H3,(H,23,24). The second-order valence-corrected chi connectivity index (χ2v) is 6.36. The van der Waals surface area contributed by atoms with Gasteiger partial charge < -0.3 is 14.6 Å². The van der Waals surface area contributed by atoms with Crippen LogP contribution in [0.3, 0.4) is 0 Å². The van der Waals surface area contributed by atoms with Gasteiger partial charge in [-0.1, -0.05) is 47.1 Å². The number of hydrogen-bond acceptors (Lipinski definition) is 6. The molecule has 0 aliphatic heterocycles. The second kappa shape index (κ2) is 7.92. The molecule has 0 amide bonds. The first-order valence-electron chi connectivity index (χ1n) is 8.96. The zero-order valence-corrected chi connectivity index (χ0v) is 15.7. The molecule has 0 spiro atoms. The molecule has 1 N–H and O–H groups in total. The van der Waals surface area contributed by atoms with Crippen molar-refractivity contribution < 1.29 is 9.26 Å². The molecule has 0 bridgehead atoms. The smallest absolute Gasteiger partial charge is 0.261 e. The van der Waals surface area contributed by atoms with Crippen LogP contribution >= 0.6 is 0 Å². The normalized spacial score (nSPS) is 10.6. The van der Waals surface area contributed by atoms with Crippen molar-refractivity contribution in [3.8, 4) is 28.6 Å². The second-order valence-electron chi connectivity index (χ2n) is 6.36. The van der Waals surface area contributed by atoms with Crippen LogP contribution in [0.5, 0.6) is 5.75 Å². The van der Waals surface area contributed by atoms with Gasteiger partial charge in [0.25, 0.3) is 5.89 Å². The van der Waals surface area contributed by atoms with Gasteiger partial charge in [-0.15, -0.1) is 0 Å². The van der Waals surface area contributed by atoms with E-state index in [1.54, 1.807) is 13.3 Å². The van der Waals surface area contributed by atoms with E-state index < -0.39 is 0 Å². The van der Waals surface area contributed by atoms with E-state index in [2.05, 4.69) is 20.4 Å². The summed E-state index contributed by atoms with van der Waals surface area (Å²) in [5.74, 6) is 2.48. The number of nitrogens with one attached hydrogen (secondary N) is 1. The van der Waals surface area contributed by atoms with Gasteiger partial charge >= 0.3 is 0 Å². The van der Waals surface area contributed by atoms with Crippen molar-refractivity contribution in [2.24, 2.45) is 0 Å². The molecule has 6 nitrogen and oxygen atoms in total. The maximum atomic E-state index is 5.52. The van der Waals surface area contributed by atoms with Gasteiger partial charge in [-0.3, -0.25) is 0 Å². The summed E-state index contributed by atoms with van der Waals surface area (Å²) in [6.45, 7) is 2.60. The van der Waals surface area contributed by atoms with Gasteiger partial charge in [0.1, 0.15) is 11.6 Å². The number of aryl methyl sites for hydroxylation is 1. The number of nitrogens with zero attached hydrogens (tertiary/aromatic N) is 3. The molecule has 4 aromatic rings. The summed E-state index contributed by atoms with van der Waals surface area (Å²) in [5.41, 5.74) is 3.85. The number of anilines is 1. The van der Waals surface area contributed by atoms with Crippen molar-refractivity contribution in [1.82, 2.24) is 15.1 Å². The van der Waals surface area contributed by atoms with Crippen LogP contribution in [-0.2, 0) is 6.54 Å². The Morgan fingerprint density at radius 2 is 1.93 bits per heavy atom. The highest BCUT2D eigenvalue weighted by molar-refractivity contribution is 5.70. The lowest BCUT2D eigenvalue weighted by molar-refractivity contribution is 0.410. The maximum absolute atomic E-state index is 5.52. The van der Waals surface area contributed by atoms with Gasteiger partial charge in [-0.2, -0.15) is 4.98 Å². The highest BCUT2D eigenvalue weighted by Gasteiger charge is 2.15. The fourth-order valence-electron chi connectivity index (χ4n) is 2.98. The Morgan fingerprint density at radius 3 is 2.79 bits per heavy atom. The number of pyridine rings is 1. The SMILES string of the molecule is COc1ccccc1CNc1ncccc1-c1nc(-c2cccc(C)c2)no1. The molecule has 6 heteroatoms. The third kappa shape index (κ3) is 3.71. The predicted molar refractivity (Wildman–Crippen MR) is 108 cm³/mol. The number of hydrogen-bond donors (Lipinski definition) is 1. The average molecular weight is 372 g/mol. The molecule has 0 unspecified atom stereocenters. The average Bonchev–Trinajstić information content (AvgIpc) is 3.23. The Morgan fingerprint density at radius 1 is 1.04 bits per heavy atom. The van der Waals surface area contributed by atoms with Crippen molar-refractivity contribution in [3.63, 3.8) is 0 Å². The number of ether oxygens (including phenoxy) is 1. The fraction of sp³-hybridized carbons (Fsp3) is 0.136. The molecule has 0 fully saturated rings. The molecule has 2 aromatic carbocycles. The summed E-state index contributed by atoms with van der Waals surface area (Å²) in [4.78, 5) is 9.00. The van der Waals surface area contributed by atoms with E-state index in [9.17, 15) is 0 Å². The molecular formula is C22H20N4O2. The van der Waals surface area contributed by atoms with Crippen LogP contribution in [-0.4, -0.2) is 22.2 Å². The Labute approximate surface area is 163 Å². The first-order chi connectivity index (χ1) is 13.7. The minimum Gasteiger partial charge on any atom is -0.496 e. The van der Waals surface area contributed by atoms with Crippen molar-refractivity contribution in [2.75, 3.05) is 12.4 Å². The van der Waals surface area contributed by atoms with E-state index in [0.29, 0.717) is 24.1 Å². The van der Waals surface area contributed by atoms with Crippen LogP contribution in [0.25, 0.3) is 22.8 Å². The number of rotatable bonds is 6. The lowest BCUT2D eigenvalue weighted by Crippen LogP contribution is -2.04. The number of para-hydroxylation sites is 1. The van der Waals surface area contributed by atoms with E-state index in [1.807, 2.05) is 67.6 Å². The van der Waals surface area contributed by atoms with Gasteiger partial charge in [0.05, 0.1) is 12.7 Å². The highest BCUT2D eigenvalue weighted by atomic mass is 16.5. The third-order valence-electron chi connectivity index (χ3n) is 4.38. The largest absolute Gasteiger partial charge is 0.496 e. The maximum Gasteiger partial charge on any atom is 0.261 e. The van der Waals surface area contributed by atoms with Crippen LogP contribution in [0.4, 0.5) is 5.82 Å². The summed E-state index contributed by atoms with van der Waals surface area (Å²) < 4.78 is 10.9. The number of methoxy groups -OCH3 is 1. The quantitative estimate of drug-likeness (QED) is 0.528. The van der Waals surface area contributed by atoms with Gasteiger partial charge in [-0.05, 0) is 31.2 Å². The molecule has 2 heterocycles. The Hall–Kier alpha value is -3.67. The third-order valence-corrected chi connectivity index (χ3v) is 4.38.